The molecule has 1 heterocycles. The second-order valence-corrected chi connectivity index (χ2v) is 2.35. The van der Waals surface area contributed by atoms with Gasteiger partial charge in [-0.25, -0.2) is 0 Å². The van der Waals surface area contributed by atoms with E-state index in [-0.39, 0.29) is 18.9 Å². The van der Waals surface area contributed by atoms with Gasteiger partial charge >= 0.3 is 0 Å². The topological polar surface area (TPSA) is 57.6 Å². The standard InChI is InChI=1S/C7H9NO3/c1-2-3-8-6(10)4-5(9)7(8)11/h2,5,9H,1,3-4H2. The van der Waals surface area contributed by atoms with Crippen molar-refractivity contribution in [3.8, 4) is 0 Å². The van der Waals surface area contributed by atoms with Crippen LogP contribution in [0.5, 0.6) is 0 Å². The first-order chi connectivity index (χ1) is 5.16. The van der Waals surface area contributed by atoms with Crippen molar-refractivity contribution in [1.82, 2.24) is 4.90 Å². The van der Waals surface area contributed by atoms with Crippen LogP contribution in [0, 0.1) is 0 Å². The molecule has 60 valence electrons. The molecule has 2 amide bonds. The minimum atomic E-state index is -1.14. The normalized spacial score (nSPS) is 24.5. The molecule has 4 heteroatoms. The Morgan fingerprint density at radius 3 is 2.73 bits per heavy atom. The number of hydrogen-bond donors (Lipinski definition) is 1. The summed E-state index contributed by atoms with van der Waals surface area (Å²) in [5.74, 6) is -0.850. The van der Waals surface area contributed by atoms with Gasteiger partial charge < -0.3 is 5.11 Å². The molecule has 1 rings (SSSR count). The molecule has 1 atom stereocenters. The minimum absolute atomic E-state index is 0.0906. The van der Waals surface area contributed by atoms with Gasteiger partial charge in [0.25, 0.3) is 5.91 Å². The van der Waals surface area contributed by atoms with Crippen LogP contribution in [0.25, 0.3) is 0 Å². The monoisotopic (exact) mass is 155 g/mol. The second kappa shape index (κ2) is 2.84. The molecule has 11 heavy (non-hydrogen) atoms. The third kappa shape index (κ3) is 1.30. The highest BCUT2D eigenvalue weighted by atomic mass is 16.3. The van der Waals surface area contributed by atoms with Gasteiger partial charge in [-0.05, 0) is 0 Å². The summed E-state index contributed by atoms with van der Waals surface area (Å²) in [5.41, 5.74) is 0. The molecule has 1 N–H and O–H groups in total. The highest BCUT2D eigenvalue weighted by molar-refractivity contribution is 6.04. The zero-order valence-corrected chi connectivity index (χ0v) is 5.99. The van der Waals surface area contributed by atoms with Crippen LogP contribution in [0.2, 0.25) is 0 Å². The molecule has 1 aliphatic rings. The van der Waals surface area contributed by atoms with E-state index in [0.29, 0.717) is 0 Å². The van der Waals surface area contributed by atoms with Gasteiger partial charge in [0.1, 0.15) is 6.10 Å². The number of aliphatic hydroxyl groups is 1. The van der Waals surface area contributed by atoms with Gasteiger partial charge in [0.2, 0.25) is 5.91 Å². The predicted molar refractivity (Wildman–Crippen MR) is 37.5 cm³/mol. The molecule has 0 radical (unpaired) electrons. The fourth-order valence-corrected chi connectivity index (χ4v) is 0.987. The third-order valence-electron chi connectivity index (χ3n) is 1.53. The summed E-state index contributed by atoms with van der Waals surface area (Å²) in [4.78, 5) is 22.8. The number of imide groups is 1. The molecule has 0 aromatic rings. The Hall–Kier alpha value is -1.16. The molecular formula is C7H9NO3. The third-order valence-corrected chi connectivity index (χ3v) is 1.53. The molecule has 0 saturated carbocycles. The van der Waals surface area contributed by atoms with E-state index in [9.17, 15) is 9.59 Å². The van der Waals surface area contributed by atoms with Crippen molar-refractivity contribution in [2.75, 3.05) is 6.54 Å². The zero-order chi connectivity index (χ0) is 8.43. The van der Waals surface area contributed by atoms with Crippen LogP contribution in [-0.2, 0) is 9.59 Å². The van der Waals surface area contributed by atoms with E-state index in [2.05, 4.69) is 6.58 Å². The Labute approximate surface area is 64.1 Å². The van der Waals surface area contributed by atoms with Crippen LogP contribution in [0.15, 0.2) is 12.7 Å². The summed E-state index contributed by atoms with van der Waals surface area (Å²) in [6.45, 7) is 3.58. The number of carbonyl (C=O) groups is 2. The summed E-state index contributed by atoms with van der Waals surface area (Å²) in [5, 5.41) is 8.92. The Kier molecular flexibility index (Phi) is 2.05. The van der Waals surface area contributed by atoms with Crippen LogP contribution in [-0.4, -0.2) is 34.5 Å². The Morgan fingerprint density at radius 1 is 1.73 bits per heavy atom. The Morgan fingerprint density at radius 2 is 2.36 bits per heavy atom. The summed E-state index contributed by atoms with van der Waals surface area (Å²) >= 11 is 0. The average molecular weight is 155 g/mol. The van der Waals surface area contributed by atoms with Crippen LogP contribution in [0.3, 0.4) is 0 Å². The quantitative estimate of drug-likeness (QED) is 0.423. The smallest absolute Gasteiger partial charge is 0.258 e. The molecule has 0 bridgehead atoms. The van der Waals surface area contributed by atoms with Gasteiger partial charge in [-0.2, -0.15) is 0 Å². The van der Waals surface area contributed by atoms with Crippen molar-refractivity contribution in [2.24, 2.45) is 0 Å². The zero-order valence-electron chi connectivity index (χ0n) is 5.99. The number of amides is 2. The first-order valence-electron chi connectivity index (χ1n) is 3.30. The van der Waals surface area contributed by atoms with E-state index < -0.39 is 12.0 Å². The lowest BCUT2D eigenvalue weighted by atomic mass is 10.3. The maximum absolute atomic E-state index is 10.9. The molecule has 0 spiro atoms. The Balaban J connectivity index is 2.71. The van der Waals surface area contributed by atoms with E-state index in [1.54, 1.807) is 0 Å². The van der Waals surface area contributed by atoms with E-state index in [1.807, 2.05) is 0 Å². The molecule has 4 nitrogen and oxygen atoms in total. The van der Waals surface area contributed by atoms with Crippen molar-refractivity contribution < 1.29 is 14.7 Å². The lowest BCUT2D eigenvalue weighted by Gasteiger charge is -2.09. The number of nitrogens with zero attached hydrogens (tertiary/aromatic N) is 1. The lowest BCUT2D eigenvalue weighted by molar-refractivity contribution is -0.140. The summed E-state index contributed by atoms with van der Waals surface area (Å²) in [6.07, 6.45) is 0.225. The van der Waals surface area contributed by atoms with Crippen molar-refractivity contribution in [1.29, 1.82) is 0 Å². The number of rotatable bonds is 2. The van der Waals surface area contributed by atoms with Gasteiger partial charge in [0.15, 0.2) is 0 Å². The summed E-state index contributed by atoms with van der Waals surface area (Å²) < 4.78 is 0. The molecule has 1 saturated heterocycles. The SMILES string of the molecule is C=CCN1C(=O)CC(O)C1=O. The highest BCUT2D eigenvalue weighted by Gasteiger charge is 2.36. The number of aliphatic hydroxyl groups excluding tert-OH is 1. The van der Waals surface area contributed by atoms with E-state index in [4.69, 9.17) is 5.11 Å². The van der Waals surface area contributed by atoms with Gasteiger partial charge in [-0.15, -0.1) is 6.58 Å². The van der Waals surface area contributed by atoms with Gasteiger partial charge in [0.05, 0.1) is 6.42 Å². The fraction of sp³-hybridized carbons (Fsp3) is 0.429. The summed E-state index contributed by atoms with van der Waals surface area (Å²) in [6, 6.07) is 0. The minimum Gasteiger partial charge on any atom is -0.383 e. The predicted octanol–water partition coefficient (Wildman–Crippen LogP) is -0.708. The molecule has 0 aromatic heterocycles. The van der Waals surface area contributed by atoms with E-state index in [1.165, 1.54) is 6.08 Å². The highest BCUT2D eigenvalue weighted by Crippen LogP contribution is 2.11. The van der Waals surface area contributed by atoms with Gasteiger partial charge in [-0.1, -0.05) is 6.08 Å². The Bertz CT molecular complexity index is 212. The maximum Gasteiger partial charge on any atom is 0.258 e. The molecule has 1 unspecified atom stereocenters. The average Bonchev–Trinajstić information content (AvgIpc) is 2.17. The van der Waals surface area contributed by atoms with Crippen molar-refractivity contribution in [3.63, 3.8) is 0 Å². The molecule has 1 fully saturated rings. The molecule has 0 aromatic carbocycles. The van der Waals surface area contributed by atoms with Crippen LogP contribution < -0.4 is 0 Å². The molecular weight excluding hydrogens is 146 g/mol. The van der Waals surface area contributed by atoms with Crippen molar-refractivity contribution in [2.45, 2.75) is 12.5 Å². The molecule has 0 aliphatic carbocycles. The number of carbonyl (C=O) groups excluding carboxylic acids is 2. The molecule has 1 aliphatic heterocycles. The van der Waals surface area contributed by atoms with Crippen LogP contribution >= 0.6 is 0 Å². The maximum atomic E-state index is 10.9. The first kappa shape index (κ1) is 7.94. The largest absolute Gasteiger partial charge is 0.383 e. The fourth-order valence-electron chi connectivity index (χ4n) is 0.987. The number of likely N-dealkylation sites (tertiary alicyclic amines) is 1. The summed E-state index contributed by atoms with van der Waals surface area (Å²) in [7, 11) is 0. The van der Waals surface area contributed by atoms with Crippen LogP contribution in [0.4, 0.5) is 0 Å². The first-order valence-corrected chi connectivity index (χ1v) is 3.30. The van der Waals surface area contributed by atoms with Crippen molar-refractivity contribution in [3.05, 3.63) is 12.7 Å². The second-order valence-electron chi connectivity index (χ2n) is 2.35. The number of hydrogen-bond acceptors (Lipinski definition) is 3. The van der Waals surface area contributed by atoms with E-state index >= 15 is 0 Å². The lowest BCUT2D eigenvalue weighted by Crippen LogP contribution is -2.31. The van der Waals surface area contributed by atoms with Gasteiger partial charge in [-0.3, -0.25) is 14.5 Å². The van der Waals surface area contributed by atoms with Crippen LogP contribution in [0.1, 0.15) is 6.42 Å². The van der Waals surface area contributed by atoms with Crippen molar-refractivity contribution >= 4 is 11.8 Å². The van der Waals surface area contributed by atoms with Gasteiger partial charge in [0, 0.05) is 6.54 Å². The van der Waals surface area contributed by atoms with E-state index in [0.717, 1.165) is 4.90 Å².